The molecule has 1 aliphatic heterocycles. The van der Waals surface area contributed by atoms with Gasteiger partial charge in [0.15, 0.2) is 0 Å². The monoisotopic (exact) mass is 569 g/mol. The molecule has 1 heterocycles. The first-order chi connectivity index (χ1) is 19.4. The van der Waals surface area contributed by atoms with Crippen LogP contribution in [0.25, 0.3) is 6.08 Å². The molecule has 0 bridgehead atoms. The van der Waals surface area contributed by atoms with Gasteiger partial charge in [-0.2, -0.15) is 0 Å². The van der Waals surface area contributed by atoms with Crippen LogP contribution in [0, 0.1) is 11.8 Å². The number of carbonyl (C=O) groups is 4. The van der Waals surface area contributed by atoms with Crippen LogP contribution in [0.1, 0.15) is 77.5 Å². The molecule has 226 valence electrons. The molecule has 0 aromatic heterocycles. The van der Waals surface area contributed by atoms with Crippen LogP contribution in [-0.2, 0) is 19.2 Å². The highest BCUT2D eigenvalue weighted by Crippen LogP contribution is 2.17. The quantitative estimate of drug-likeness (QED) is 0.218. The molecule has 0 aliphatic carbocycles. The first-order valence-electron chi connectivity index (χ1n) is 14.4. The van der Waals surface area contributed by atoms with Crippen LogP contribution in [0.2, 0.25) is 0 Å². The van der Waals surface area contributed by atoms with Crippen LogP contribution < -0.4 is 21.4 Å². The summed E-state index contributed by atoms with van der Waals surface area (Å²) >= 11 is 0. The minimum absolute atomic E-state index is 0.220. The number of hydrogen-bond donors (Lipinski definition) is 5. The normalized spacial score (nSPS) is 18.8. The van der Waals surface area contributed by atoms with Crippen molar-refractivity contribution in [3.05, 3.63) is 54.6 Å². The maximum absolute atomic E-state index is 13.2. The highest BCUT2D eigenvalue weighted by molar-refractivity contribution is 5.92. The summed E-state index contributed by atoms with van der Waals surface area (Å²) in [6.07, 6.45) is 4.71. The van der Waals surface area contributed by atoms with Gasteiger partial charge in [-0.3, -0.25) is 24.2 Å². The minimum atomic E-state index is -0.897. The van der Waals surface area contributed by atoms with E-state index >= 15 is 0 Å². The zero-order chi connectivity index (χ0) is 30.7. The fourth-order valence-corrected chi connectivity index (χ4v) is 4.62. The van der Waals surface area contributed by atoms with Crippen molar-refractivity contribution in [2.75, 3.05) is 6.54 Å². The lowest BCUT2D eigenvalue weighted by atomic mass is 9.97. The Labute approximate surface area is 244 Å². The molecule has 5 N–H and O–H groups in total. The molecule has 0 spiro atoms. The Bertz CT molecular complexity index is 1090. The molecule has 1 aromatic rings. The molecule has 6 atom stereocenters. The molecular weight excluding hydrogens is 522 g/mol. The Morgan fingerprint density at radius 1 is 1.07 bits per heavy atom. The lowest BCUT2D eigenvalue weighted by molar-refractivity contribution is -0.143. The van der Waals surface area contributed by atoms with Gasteiger partial charge in [0.2, 0.25) is 17.7 Å². The van der Waals surface area contributed by atoms with E-state index in [1.807, 2.05) is 31.2 Å². The Morgan fingerprint density at radius 2 is 1.78 bits per heavy atom. The summed E-state index contributed by atoms with van der Waals surface area (Å²) < 4.78 is 0. The minimum Gasteiger partial charge on any atom is -0.392 e. The van der Waals surface area contributed by atoms with Gasteiger partial charge < -0.3 is 21.1 Å². The van der Waals surface area contributed by atoms with Gasteiger partial charge in [-0.25, -0.2) is 5.43 Å². The smallest absolute Gasteiger partial charge is 0.258 e. The Kier molecular flexibility index (Phi) is 13.2. The third-order valence-electron chi connectivity index (χ3n) is 7.41. The fraction of sp³-hybridized carbons (Fsp3) is 0.548. The van der Waals surface area contributed by atoms with Gasteiger partial charge in [0.25, 0.3) is 5.91 Å². The highest BCUT2D eigenvalue weighted by Gasteiger charge is 2.34. The topological polar surface area (TPSA) is 140 Å². The number of aliphatic hydroxyl groups excluding tert-OH is 1. The molecule has 41 heavy (non-hydrogen) atoms. The van der Waals surface area contributed by atoms with Crippen molar-refractivity contribution < 1.29 is 24.3 Å². The van der Waals surface area contributed by atoms with Gasteiger partial charge in [0.1, 0.15) is 18.1 Å². The zero-order valence-corrected chi connectivity index (χ0v) is 25.0. The van der Waals surface area contributed by atoms with Gasteiger partial charge in [-0.15, -0.1) is 6.58 Å². The highest BCUT2D eigenvalue weighted by atomic mass is 16.3. The van der Waals surface area contributed by atoms with Crippen LogP contribution in [0.4, 0.5) is 0 Å². The average molecular weight is 570 g/mol. The molecule has 1 aromatic carbocycles. The number of allylic oxidation sites excluding steroid dienone is 1. The molecule has 1 aliphatic rings. The van der Waals surface area contributed by atoms with Crippen LogP contribution in [0.3, 0.4) is 0 Å². The van der Waals surface area contributed by atoms with Crippen molar-refractivity contribution in [3.8, 4) is 0 Å². The summed E-state index contributed by atoms with van der Waals surface area (Å²) in [5.74, 6) is -2.51. The van der Waals surface area contributed by atoms with E-state index in [-0.39, 0.29) is 23.8 Å². The summed E-state index contributed by atoms with van der Waals surface area (Å²) in [6, 6.07) is 5.13. The summed E-state index contributed by atoms with van der Waals surface area (Å²) in [5.41, 5.74) is 4.92. The maximum atomic E-state index is 13.2. The molecular formula is C31H47N5O5. The third-order valence-corrected chi connectivity index (χ3v) is 7.41. The second kappa shape index (κ2) is 16.1. The average Bonchev–Trinajstić information content (AvgIpc) is 2.97. The van der Waals surface area contributed by atoms with Crippen LogP contribution in [0.5, 0.6) is 0 Å². The van der Waals surface area contributed by atoms with Crippen LogP contribution in [-0.4, -0.2) is 64.5 Å². The van der Waals surface area contributed by atoms with Gasteiger partial charge in [0.05, 0.1) is 18.1 Å². The number of carbonyl (C=O) groups excluding carboxylic acids is 4. The molecule has 4 amide bonds. The summed E-state index contributed by atoms with van der Waals surface area (Å²) in [4.78, 5) is 52.0. The van der Waals surface area contributed by atoms with Crippen molar-refractivity contribution in [2.24, 2.45) is 11.8 Å². The number of benzene rings is 1. The standard InChI is InChI=1S/C31H47N5O5/c1-8-10-16-26(37)20(5)28(38)34-27(19(3)4)30(40)33-22(7)31(41)36-17-12-15-25(35-36)29(39)32-21(6)24-14-11-13-23(9-2)18-24/h8-9,11,13-14,18-22,25-27,35,37H,1-2,10,12,15-17H2,3-7H3,(H,32,39)(H,33,40)(H,34,38)/t20-,21-,22+,25+,26-,27+/m1/s1. The molecule has 1 saturated heterocycles. The second-order valence-corrected chi connectivity index (χ2v) is 11.1. The summed E-state index contributed by atoms with van der Waals surface area (Å²) in [7, 11) is 0. The van der Waals surface area contributed by atoms with E-state index in [0.717, 1.165) is 11.1 Å². The predicted octanol–water partition coefficient (Wildman–Crippen LogP) is 2.61. The van der Waals surface area contributed by atoms with E-state index < -0.39 is 42.0 Å². The first-order valence-corrected chi connectivity index (χ1v) is 14.4. The molecule has 0 saturated carbocycles. The zero-order valence-electron chi connectivity index (χ0n) is 25.0. The van der Waals surface area contributed by atoms with Gasteiger partial charge in [-0.05, 0) is 62.6 Å². The van der Waals surface area contributed by atoms with E-state index in [9.17, 15) is 24.3 Å². The number of nitrogens with zero attached hydrogens (tertiary/aromatic N) is 1. The van der Waals surface area contributed by atoms with Crippen molar-refractivity contribution in [3.63, 3.8) is 0 Å². The Hall–Kier alpha value is -3.50. The predicted molar refractivity (Wildman–Crippen MR) is 160 cm³/mol. The summed E-state index contributed by atoms with van der Waals surface area (Å²) in [6.45, 7) is 16.5. The number of rotatable bonds is 14. The van der Waals surface area contributed by atoms with Crippen molar-refractivity contribution in [1.82, 2.24) is 26.4 Å². The van der Waals surface area contributed by atoms with Crippen molar-refractivity contribution >= 4 is 29.7 Å². The molecule has 10 nitrogen and oxygen atoms in total. The maximum Gasteiger partial charge on any atom is 0.258 e. The Morgan fingerprint density at radius 3 is 2.41 bits per heavy atom. The van der Waals surface area contributed by atoms with Gasteiger partial charge in [0, 0.05) is 6.54 Å². The van der Waals surface area contributed by atoms with Gasteiger partial charge >= 0.3 is 0 Å². The van der Waals surface area contributed by atoms with Crippen LogP contribution >= 0.6 is 0 Å². The molecule has 0 radical (unpaired) electrons. The van der Waals surface area contributed by atoms with E-state index in [1.165, 1.54) is 5.01 Å². The number of amides is 4. The van der Waals surface area contributed by atoms with Crippen molar-refractivity contribution in [2.45, 2.75) is 90.6 Å². The third kappa shape index (κ3) is 9.82. The van der Waals surface area contributed by atoms with Gasteiger partial charge in [-0.1, -0.05) is 57.7 Å². The van der Waals surface area contributed by atoms with E-state index in [1.54, 1.807) is 39.8 Å². The number of hydrogen-bond acceptors (Lipinski definition) is 6. The van der Waals surface area contributed by atoms with E-state index in [0.29, 0.717) is 32.2 Å². The fourth-order valence-electron chi connectivity index (χ4n) is 4.62. The lowest BCUT2D eigenvalue weighted by Crippen LogP contribution is -2.62. The van der Waals surface area contributed by atoms with E-state index in [2.05, 4.69) is 34.5 Å². The largest absolute Gasteiger partial charge is 0.392 e. The number of aliphatic hydroxyl groups is 1. The first kappa shape index (κ1) is 33.7. The molecule has 0 unspecified atom stereocenters. The number of nitrogens with one attached hydrogen (secondary N) is 4. The SMILES string of the molecule is C=CCC[C@@H](O)[C@@H](C)C(=O)N[C@H](C(=O)N[C@@H](C)C(=O)N1CCC[C@@H](C(=O)N[C@H](C)c2cccc(C=C)c2)N1)C(C)C. The number of hydrazine groups is 1. The summed E-state index contributed by atoms with van der Waals surface area (Å²) in [5, 5.41) is 20.1. The van der Waals surface area contributed by atoms with Crippen molar-refractivity contribution in [1.29, 1.82) is 0 Å². The van der Waals surface area contributed by atoms with E-state index in [4.69, 9.17) is 0 Å². The molecule has 1 fully saturated rings. The Balaban J connectivity index is 1.96. The lowest BCUT2D eigenvalue weighted by Gasteiger charge is -2.35. The molecule has 2 rings (SSSR count). The molecule has 10 heteroatoms. The second-order valence-electron chi connectivity index (χ2n) is 11.1. The van der Waals surface area contributed by atoms with Crippen LogP contribution in [0.15, 0.2) is 43.5 Å².